The Morgan fingerprint density at radius 1 is 1.29 bits per heavy atom. The van der Waals surface area contributed by atoms with Gasteiger partial charge >= 0.3 is 0 Å². The van der Waals surface area contributed by atoms with Gasteiger partial charge in [-0.1, -0.05) is 37.3 Å². The summed E-state index contributed by atoms with van der Waals surface area (Å²) >= 11 is 0. The summed E-state index contributed by atoms with van der Waals surface area (Å²) in [7, 11) is 1.78. The molecule has 3 N–H and O–H groups in total. The fourth-order valence-electron chi connectivity index (χ4n) is 2.81. The number of hydrogen-bond acceptors (Lipinski definition) is 3. The summed E-state index contributed by atoms with van der Waals surface area (Å²) < 4.78 is 0. The molecular formula is C18H31IN4O. The second-order valence-corrected chi connectivity index (χ2v) is 6.03. The molecule has 1 aliphatic carbocycles. The molecule has 136 valence electrons. The van der Waals surface area contributed by atoms with E-state index in [1.165, 1.54) is 12.8 Å². The number of nitrogens with one attached hydrogen (secondary N) is 2. The Morgan fingerprint density at radius 3 is 2.54 bits per heavy atom. The van der Waals surface area contributed by atoms with Gasteiger partial charge < -0.3 is 15.7 Å². The van der Waals surface area contributed by atoms with Crippen molar-refractivity contribution in [1.29, 1.82) is 0 Å². The van der Waals surface area contributed by atoms with Crippen molar-refractivity contribution in [3.63, 3.8) is 0 Å². The van der Waals surface area contributed by atoms with Crippen LogP contribution in [-0.2, 0) is 0 Å². The summed E-state index contributed by atoms with van der Waals surface area (Å²) in [5, 5.41) is 16.3. The molecule has 0 spiro atoms. The zero-order chi connectivity index (χ0) is 16.5. The number of halogens is 1. The largest absolute Gasteiger partial charge is 0.396 e. The van der Waals surface area contributed by atoms with Crippen LogP contribution in [0.2, 0.25) is 0 Å². The molecule has 5 nitrogen and oxygen atoms in total. The van der Waals surface area contributed by atoms with Crippen molar-refractivity contribution in [3.8, 4) is 0 Å². The molecule has 1 atom stereocenters. The Morgan fingerprint density at radius 2 is 2.00 bits per heavy atom. The van der Waals surface area contributed by atoms with Crippen LogP contribution < -0.4 is 10.6 Å². The minimum Gasteiger partial charge on any atom is -0.396 e. The Bertz CT molecular complexity index is 479. The molecule has 1 aliphatic rings. The van der Waals surface area contributed by atoms with Gasteiger partial charge in [-0.05, 0) is 24.9 Å². The Labute approximate surface area is 162 Å². The van der Waals surface area contributed by atoms with Crippen molar-refractivity contribution in [2.75, 3.05) is 39.8 Å². The van der Waals surface area contributed by atoms with Gasteiger partial charge in [-0.3, -0.25) is 9.89 Å². The van der Waals surface area contributed by atoms with Gasteiger partial charge in [0.25, 0.3) is 0 Å². The molecule has 0 heterocycles. The summed E-state index contributed by atoms with van der Waals surface area (Å²) in [4.78, 5) is 6.78. The summed E-state index contributed by atoms with van der Waals surface area (Å²) in [6.45, 7) is 6.05. The highest BCUT2D eigenvalue weighted by atomic mass is 127. The van der Waals surface area contributed by atoms with Crippen LogP contribution in [0.5, 0.6) is 0 Å². The first-order valence-electron chi connectivity index (χ1n) is 8.62. The van der Waals surface area contributed by atoms with Crippen LogP contribution in [-0.4, -0.2) is 61.8 Å². The number of aliphatic imine (C=N–C) groups is 1. The molecule has 1 aromatic rings. The number of nitrogens with zero attached hydrogens (tertiary/aromatic N) is 2. The predicted octanol–water partition coefficient (Wildman–Crippen LogP) is 2.03. The highest BCUT2D eigenvalue weighted by Gasteiger charge is 2.27. The summed E-state index contributed by atoms with van der Waals surface area (Å²) in [5.74, 6) is 0.875. The zero-order valence-electron chi connectivity index (χ0n) is 14.7. The van der Waals surface area contributed by atoms with Crippen molar-refractivity contribution in [2.45, 2.75) is 31.7 Å². The Kier molecular flexibility index (Phi) is 10.3. The molecule has 0 radical (unpaired) electrons. The molecule has 0 aliphatic heterocycles. The van der Waals surface area contributed by atoms with Gasteiger partial charge in [0, 0.05) is 38.6 Å². The number of guanidine groups is 1. The van der Waals surface area contributed by atoms with Gasteiger partial charge in [-0.2, -0.15) is 0 Å². The summed E-state index contributed by atoms with van der Waals surface area (Å²) in [5.41, 5.74) is 1.14. The Hall–Kier alpha value is -0.860. The van der Waals surface area contributed by atoms with Crippen molar-refractivity contribution < 1.29 is 5.11 Å². The van der Waals surface area contributed by atoms with E-state index in [-0.39, 0.29) is 36.5 Å². The molecule has 24 heavy (non-hydrogen) atoms. The topological polar surface area (TPSA) is 59.9 Å². The van der Waals surface area contributed by atoms with Crippen molar-refractivity contribution in [3.05, 3.63) is 35.9 Å². The van der Waals surface area contributed by atoms with Gasteiger partial charge in [-0.15, -0.1) is 24.0 Å². The van der Waals surface area contributed by atoms with Crippen LogP contribution in [0.25, 0.3) is 0 Å². The van der Waals surface area contributed by atoms with E-state index in [4.69, 9.17) is 0 Å². The number of hydrogen-bond donors (Lipinski definition) is 3. The van der Waals surface area contributed by atoms with Crippen LogP contribution in [0.3, 0.4) is 0 Å². The minimum absolute atomic E-state index is 0. The van der Waals surface area contributed by atoms with E-state index in [0.29, 0.717) is 6.54 Å². The van der Waals surface area contributed by atoms with E-state index in [1.54, 1.807) is 7.05 Å². The number of likely N-dealkylation sites (N-methyl/N-ethyl adjacent to an activating group) is 1. The second-order valence-electron chi connectivity index (χ2n) is 6.03. The molecule has 1 aromatic carbocycles. The lowest BCUT2D eigenvalue weighted by atomic mass is 10.0. The predicted molar refractivity (Wildman–Crippen MR) is 111 cm³/mol. The molecule has 1 fully saturated rings. The van der Waals surface area contributed by atoms with Gasteiger partial charge in [0.1, 0.15) is 0 Å². The van der Waals surface area contributed by atoms with E-state index in [2.05, 4.69) is 27.4 Å². The van der Waals surface area contributed by atoms with Crippen LogP contribution in [0.4, 0.5) is 0 Å². The first kappa shape index (κ1) is 21.2. The maximum Gasteiger partial charge on any atom is 0.191 e. The van der Waals surface area contributed by atoms with Gasteiger partial charge in [-0.25, -0.2) is 0 Å². The summed E-state index contributed by atoms with van der Waals surface area (Å²) in [6, 6.07) is 10.9. The molecule has 0 amide bonds. The average molecular weight is 446 g/mol. The third-order valence-electron chi connectivity index (χ3n) is 4.39. The van der Waals surface area contributed by atoms with Crippen LogP contribution in [0.15, 0.2) is 35.3 Å². The smallest absolute Gasteiger partial charge is 0.191 e. The number of rotatable bonds is 9. The van der Waals surface area contributed by atoms with E-state index < -0.39 is 0 Å². The van der Waals surface area contributed by atoms with Crippen LogP contribution in [0, 0.1) is 0 Å². The fourth-order valence-corrected chi connectivity index (χ4v) is 2.81. The highest BCUT2D eigenvalue weighted by molar-refractivity contribution is 14.0. The number of aliphatic hydroxyl groups is 1. The van der Waals surface area contributed by atoms with E-state index in [1.807, 2.05) is 30.3 Å². The van der Waals surface area contributed by atoms with Gasteiger partial charge in [0.15, 0.2) is 5.96 Å². The molecular weight excluding hydrogens is 415 g/mol. The van der Waals surface area contributed by atoms with Gasteiger partial charge in [0.05, 0.1) is 6.61 Å². The third-order valence-corrected chi connectivity index (χ3v) is 4.39. The molecule has 6 heteroatoms. The average Bonchev–Trinajstić information content (AvgIpc) is 3.43. The third kappa shape index (κ3) is 6.94. The highest BCUT2D eigenvalue weighted by Crippen LogP contribution is 2.25. The fraction of sp³-hybridized carbons (Fsp3) is 0.611. The van der Waals surface area contributed by atoms with E-state index in [0.717, 1.165) is 37.2 Å². The second kappa shape index (κ2) is 11.7. The molecule has 1 saturated carbocycles. The lowest BCUT2D eigenvalue weighted by Crippen LogP contribution is -2.43. The zero-order valence-corrected chi connectivity index (χ0v) is 17.1. The molecule has 2 rings (SSSR count). The maximum atomic E-state index is 9.61. The normalized spacial score (nSPS) is 15.8. The number of benzene rings is 1. The Balaban J connectivity index is 0.00000288. The van der Waals surface area contributed by atoms with Crippen molar-refractivity contribution >= 4 is 29.9 Å². The lowest BCUT2D eigenvalue weighted by Gasteiger charge is -2.21. The molecule has 0 aromatic heterocycles. The first-order chi connectivity index (χ1) is 11.3. The van der Waals surface area contributed by atoms with Crippen molar-refractivity contribution in [1.82, 2.24) is 15.5 Å². The van der Waals surface area contributed by atoms with Gasteiger partial charge in [0.2, 0.25) is 0 Å². The first-order valence-corrected chi connectivity index (χ1v) is 8.62. The standard InChI is InChI=1S/C18H30N4O.HI/c1-3-22(17-9-10-17)12-11-20-18(19-2)21-13-16(14-23)15-7-5-4-6-8-15;/h4-8,16-17,23H,3,9-14H2,1-2H3,(H2,19,20,21);1H. The minimum atomic E-state index is 0. The monoisotopic (exact) mass is 446 g/mol. The summed E-state index contributed by atoms with van der Waals surface area (Å²) in [6.07, 6.45) is 2.69. The molecule has 0 saturated heterocycles. The maximum absolute atomic E-state index is 9.61. The lowest BCUT2D eigenvalue weighted by molar-refractivity contribution is 0.264. The van der Waals surface area contributed by atoms with Crippen LogP contribution in [0.1, 0.15) is 31.2 Å². The molecule has 1 unspecified atom stereocenters. The quantitative estimate of drug-likeness (QED) is 0.309. The molecule has 0 bridgehead atoms. The van der Waals surface area contributed by atoms with E-state index >= 15 is 0 Å². The SMILES string of the molecule is CCN(CCNC(=NC)NCC(CO)c1ccccc1)C1CC1.I. The number of aliphatic hydroxyl groups excluding tert-OH is 1. The van der Waals surface area contributed by atoms with E-state index in [9.17, 15) is 5.11 Å². The van der Waals surface area contributed by atoms with Crippen LogP contribution >= 0.6 is 24.0 Å². The van der Waals surface area contributed by atoms with Crippen molar-refractivity contribution in [2.24, 2.45) is 4.99 Å².